The second-order valence-corrected chi connectivity index (χ2v) is 6.99. The van der Waals surface area contributed by atoms with Crippen LogP contribution in [0.1, 0.15) is 18.2 Å². The van der Waals surface area contributed by atoms with E-state index < -0.39 is 0 Å². The zero-order valence-electron chi connectivity index (χ0n) is 15.7. The molecule has 0 aliphatic heterocycles. The maximum Gasteiger partial charge on any atom is 0.230 e. The molecule has 0 unspecified atom stereocenters. The van der Waals surface area contributed by atoms with Crippen molar-refractivity contribution in [1.82, 2.24) is 4.57 Å². The Hall–Kier alpha value is -2.86. The van der Waals surface area contributed by atoms with Crippen molar-refractivity contribution in [2.45, 2.75) is 19.8 Å². The fourth-order valence-electron chi connectivity index (χ4n) is 2.62. The first-order valence-electron chi connectivity index (χ1n) is 8.80. The number of aryl methyl sites for hydroxylation is 1. The summed E-state index contributed by atoms with van der Waals surface area (Å²) in [4.78, 5) is 17.8. The Morgan fingerprint density at radius 2 is 1.85 bits per heavy atom. The molecule has 0 bridgehead atoms. The number of aromatic nitrogens is 1. The topological polar surface area (TPSA) is 55.6 Å². The number of ether oxygens (including phenoxy) is 1. The Balaban J connectivity index is 1.70. The first-order valence-corrected chi connectivity index (χ1v) is 9.68. The van der Waals surface area contributed by atoms with E-state index >= 15 is 0 Å². The van der Waals surface area contributed by atoms with Crippen LogP contribution in [-0.4, -0.2) is 17.6 Å². The van der Waals surface area contributed by atoms with Crippen LogP contribution in [-0.2, 0) is 24.7 Å². The molecule has 1 N–H and O–H groups in total. The number of hydrogen-bond acceptors (Lipinski definition) is 4. The number of anilines is 1. The van der Waals surface area contributed by atoms with Crippen molar-refractivity contribution in [2.24, 2.45) is 12.0 Å². The van der Waals surface area contributed by atoms with Gasteiger partial charge in [-0.1, -0.05) is 19.1 Å². The minimum Gasteiger partial charge on any atom is -0.497 e. The van der Waals surface area contributed by atoms with Crippen LogP contribution in [0.3, 0.4) is 0 Å². The van der Waals surface area contributed by atoms with Crippen LogP contribution in [0.25, 0.3) is 0 Å². The average molecular weight is 382 g/mol. The summed E-state index contributed by atoms with van der Waals surface area (Å²) in [6, 6.07) is 15.5. The molecule has 6 heteroatoms. The van der Waals surface area contributed by atoms with Gasteiger partial charge in [-0.15, -0.1) is 11.3 Å². The third-order valence-electron chi connectivity index (χ3n) is 4.30. The van der Waals surface area contributed by atoms with Gasteiger partial charge in [-0.25, -0.2) is 4.99 Å². The first-order chi connectivity index (χ1) is 13.1. The number of rotatable bonds is 6. The summed E-state index contributed by atoms with van der Waals surface area (Å²) in [7, 11) is 3.57. The van der Waals surface area contributed by atoms with Gasteiger partial charge in [-0.3, -0.25) is 4.79 Å². The van der Waals surface area contributed by atoms with Crippen LogP contribution in [0.2, 0.25) is 0 Å². The van der Waals surface area contributed by atoms with E-state index in [9.17, 15) is 4.79 Å². The van der Waals surface area contributed by atoms with E-state index in [0.717, 1.165) is 34.0 Å². The van der Waals surface area contributed by atoms with Crippen LogP contribution in [0.4, 0.5) is 11.4 Å². The third-order valence-corrected chi connectivity index (χ3v) is 5.27. The lowest BCUT2D eigenvalue weighted by molar-refractivity contribution is -0.115. The van der Waals surface area contributed by atoms with Gasteiger partial charge in [-0.2, -0.15) is 0 Å². The zero-order valence-corrected chi connectivity index (χ0v) is 16.5. The Bertz CT molecular complexity index is 970. The molecule has 1 amide bonds. The molecular formula is C21H23N3O2S. The Labute approximate surface area is 163 Å². The Morgan fingerprint density at radius 1 is 1.15 bits per heavy atom. The van der Waals surface area contributed by atoms with Crippen LogP contribution in [0.15, 0.2) is 58.9 Å². The monoisotopic (exact) mass is 381 g/mol. The second-order valence-electron chi connectivity index (χ2n) is 6.15. The van der Waals surface area contributed by atoms with E-state index in [0.29, 0.717) is 6.42 Å². The van der Waals surface area contributed by atoms with E-state index in [1.807, 2.05) is 65.5 Å². The number of benzene rings is 2. The minimum absolute atomic E-state index is 0.0383. The highest BCUT2D eigenvalue weighted by molar-refractivity contribution is 7.07. The van der Waals surface area contributed by atoms with Gasteiger partial charge in [0.25, 0.3) is 0 Å². The summed E-state index contributed by atoms with van der Waals surface area (Å²) >= 11 is 1.52. The number of thiazole rings is 1. The summed E-state index contributed by atoms with van der Waals surface area (Å²) in [6.45, 7) is 2.11. The number of carbonyl (C=O) groups is 1. The van der Waals surface area contributed by atoms with Crippen LogP contribution >= 0.6 is 11.3 Å². The molecular weight excluding hydrogens is 358 g/mol. The number of nitrogens with one attached hydrogen (secondary N) is 1. The molecule has 0 saturated carbocycles. The smallest absolute Gasteiger partial charge is 0.230 e. The predicted octanol–water partition coefficient (Wildman–Crippen LogP) is 4.07. The lowest BCUT2D eigenvalue weighted by Gasteiger charge is -2.06. The average Bonchev–Trinajstić information content (AvgIpc) is 3.02. The Morgan fingerprint density at radius 3 is 2.48 bits per heavy atom. The van der Waals surface area contributed by atoms with Crippen molar-refractivity contribution in [3.8, 4) is 5.75 Å². The molecule has 3 rings (SSSR count). The molecule has 1 heterocycles. The molecule has 2 aromatic carbocycles. The maximum absolute atomic E-state index is 12.4. The SMILES string of the molecule is CCc1ccc(NC(=O)Cc2csc(=Nc3ccc(OC)cc3)n2C)cc1. The highest BCUT2D eigenvalue weighted by atomic mass is 32.1. The van der Waals surface area contributed by atoms with Crippen molar-refractivity contribution in [3.63, 3.8) is 0 Å². The minimum atomic E-state index is -0.0383. The zero-order chi connectivity index (χ0) is 19.2. The molecule has 0 atom stereocenters. The fourth-order valence-corrected chi connectivity index (χ4v) is 3.54. The van der Waals surface area contributed by atoms with Gasteiger partial charge in [0.2, 0.25) is 5.91 Å². The largest absolute Gasteiger partial charge is 0.497 e. The molecule has 3 aromatic rings. The molecule has 27 heavy (non-hydrogen) atoms. The highest BCUT2D eigenvalue weighted by Crippen LogP contribution is 2.17. The van der Waals surface area contributed by atoms with Crippen molar-refractivity contribution in [3.05, 3.63) is 70.0 Å². The van der Waals surface area contributed by atoms with Gasteiger partial charge in [0.1, 0.15) is 5.75 Å². The summed E-state index contributed by atoms with van der Waals surface area (Å²) < 4.78 is 7.12. The summed E-state index contributed by atoms with van der Waals surface area (Å²) in [6.07, 6.45) is 1.29. The number of methoxy groups -OCH3 is 1. The van der Waals surface area contributed by atoms with Crippen molar-refractivity contribution in [2.75, 3.05) is 12.4 Å². The molecule has 0 spiro atoms. The van der Waals surface area contributed by atoms with Crippen molar-refractivity contribution in [1.29, 1.82) is 0 Å². The van der Waals surface area contributed by atoms with Crippen LogP contribution < -0.4 is 14.9 Å². The first kappa shape index (κ1) is 18.9. The highest BCUT2D eigenvalue weighted by Gasteiger charge is 2.09. The number of nitrogens with zero attached hydrogens (tertiary/aromatic N) is 2. The quantitative estimate of drug-likeness (QED) is 0.700. The van der Waals surface area contributed by atoms with E-state index in [4.69, 9.17) is 4.74 Å². The normalized spacial score (nSPS) is 11.4. The van der Waals surface area contributed by atoms with Gasteiger partial charge >= 0.3 is 0 Å². The maximum atomic E-state index is 12.4. The van der Waals surface area contributed by atoms with E-state index in [1.54, 1.807) is 7.11 Å². The lowest BCUT2D eigenvalue weighted by Crippen LogP contribution is -2.19. The molecule has 140 valence electrons. The molecule has 1 aromatic heterocycles. The molecule has 0 radical (unpaired) electrons. The molecule has 0 fully saturated rings. The van der Waals surface area contributed by atoms with Crippen molar-refractivity contribution >= 4 is 28.6 Å². The third kappa shape index (κ3) is 4.86. The van der Waals surface area contributed by atoms with Gasteiger partial charge in [0.15, 0.2) is 4.80 Å². The van der Waals surface area contributed by atoms with Gasteiger partial charge in [0, 0.05) is 23.8 Å². The second kappa shape index (κ2) is 8.68. The lowest BCUT2D eigenvalue weighted by atomic mass is 10.1. The van der Waals surface area contributed by atoms with E-state index in [-0.39, 0.29) is 5.91 Å². The van der Waals surface area contributed by atoms with Gasteiger partial charge in [0.05, 0.1) is 19.2 Å². The van der Waals surface area contributed by atoms with E-state index in [2.05, 4.69) is 17.2 Å². The number of hydrogen-bond donors (Lipinski definition) is 1. The summed E-state index contributed by atoms with van der Waals surface area (Å²) in [5.41, 5.74) is 3.84. The fraction of sp³-hybridized carbons (Fsp3) is 0.238. The predicted molar refractivity (Wildman–Crippen MR) is 110 cm³/mol. The van der Waals surface area contributed by atoms with Crippen molar-refractivity contribution < 1.29 is 9.53 Å². The standard InChI is InChI=1S/C21H23N3O2S/c1-4-15-5-7-16(8-6-15)22-20(25)13-18-14-27-21(24(18)2)23-17-9-11-19(26-3)12-10-17/h5-12,14H,4,13H2,1-3H3,(H,22,25). The van der Waals surface area contributed by atoms with Crippen LogP contribution in [0.5, 0.6) is 5.75 Å². The van der Waals surface area contributed by atoms with Gasteiger partial charge < -0.3 is 14.6 Å². The molecule has 5 nitrogen and oxygen atoms in total. The molecule has 0 aliphatic carbocycles. The summed E-state index contributed by atoms with van der Waals surface area (Å²) in [5.74, 6) is 0.762. The van der Waals surface area contributed by atoms with E-state index in [1.165, 1.54) is 16.9 Å². The number of amides is 1. The molecule has 0 aliphatic rings. The number of carbonyl (C=O) groups excluding carboxylic acids is 1. The Kier molecular flexibility index (Phi) is 6.08. The van der Waals surface area contributed by atoms with Crippen LogP contribution in [0, 0.1) is 0 Å². The summed E-state index contributed by atoms with van der Waals surface area (Å²) in [5, 5.41) is 4.92. The van der Waals surface area contributed by atoms with Gasteiger partial charge in [-0.05, 0) is 48.4 Å². The molecule has 0 saturated heterocycles.